The minimum atomic E-state index is -0.223. The topological polar surface area (TPSA) is 75.7 Å². The lowest BCUT2D eigenvalue weighted by molar-refractivity contribution is 0.0713. The molecule has 0 radical (unpaired) electrons. The molecule has 0 spiro atoms. The Morgan fingerprint density at radius 3 is 2.78 bits per heavy atom. The van der Waals surface area contributed by atoms with Crippen LogP contribution in [-0.2, 0) is 0 Å². The van der Waals surface area contributed by atoms with E-state index in [2.05, 4.69) is 5.32 Å². The highest BCUT2D eigenvalue weighted by atomic mass is 16.3. The number of rotatable bonds is 3. The predicted molar refractivity (Wildman–Crippen MR) is 81.0 cm³/mol. The van der Waals surface area contributed by atoms with Crippen LogP contribution in [0.5, 0.6) is 0 Å². The summed E-state index contributed by atoms with van der Waals surface area (Å²) in [4.78, 5) is 26.9. The van der Waals surface area contributed by atoms with Crippen molar-refractivity contribution in [3.8, 4) is 0 Å². The Bertz CT molecular complexity index is 734. The molecule has 1 N–H and O–H groups in total. The van der Waals surface area contributed by atoms with Gasteiger partial charge in [0.25, 0.3) is 11.8 Å². The molecule has 0 aliphatic carbocycles. The van der Waals surface area contributed by atoms with Gasteiger partial charge in [-0.15, -0.1) is 0 Å². The van der Waals surface area contributed by atoms with E-state index in [1.54, 1.807) is 25.1 Å². The van der Waals surface area contributed by atoms with Crippen molar-refractivity contribution in [2.75, 3.05) is 0 Å². The average molecular weight is 314 g/mol. The maximum Gasteiger partial charge on any atom is 0.287 e. The van der Waals surface area contributed by atoms with Gasteiger partial charge in [-0.3, -0.25) is 9.59 Å². The zero-order chi connectivity index (χ0) is 16.0. The number of aryl methyl sites for hydroxylation is 1. The third-order valence-corrected chi connectivity index (χ3v) is 4.92. The summed E-state index contributed by atoms with van der Waals surface area (Å²) in [6.07, 6.45) is 5.71. The SMILES string of the molecule is Cc1occc1C(=O)N1C2CCC1[C@H](NC(=O)c1ccco1)C2. The molecule has 2 bridgehead atoms. The lowest BCUT2D eigenvalue weighted by Gasteiger charge is -2.24. The number of furan rings is 2. The molecule has 4 rings (SSSR count). The molecule has 2 fully saturated rings. The standard InChI is InChI=1S/C17H18N2O4/c1-10-12(6-8-22-10)17(21)19-11-4-5-14(19)13(9-11)18-16(20)15-3-2-7-23-15/h2-3,6-8,11,13-14H,4-5,9H2,1H3,(H,18,20)/t11?,13-,14?/m1/s1. The fourth-order valence-electron chi connectivity index (χ4n) is 3.85. The number of hydrogen-bond donors (Lipinski definition) is 1. The van der Waals surface area contributed by atoms with Crippen LogP contribution in [0.3, 0.4) is 0 Å². The van der Waals surface area contributed by atoms with Crippen molar-refractivity contribution < 1.29 is 18.4 Å². The monoisotopic (exact) mass is 314 g/mol. The van der Waals surface area contributed by atoms with Crippen molar-refractivity contribution in [3.63, 3.8) is 0 Å². The third-order valence-electron chi connectivity index (χ3n) is 4.92. The van der Waals surface area contributed by atoms with Gasteiger partial charge < -0.3 is 19.1 Å². The van der Waals surface area contributed by atoms with E-state index < -0.39 is 0 Å². The van der Waals surface area contributed by atoms with Gasteiger partial charge in [0.1, 0.15) is 5.76 Å². The lowest BCUT2D eigenvalue weighted by atomic mass is 9.95. The van der Waals surface area contributed by atoms with Crippen molar-refractivity contribution in [3.05, 3.63) is 47.8 Å². The highest BCUT2D eigenvalue weighted by Gasteiger charge is 2.49. The summed E-state index contributed by atoms with van der Waals surface area (Å²) >= 11 is 0. The number of fused-ring (bicyclic) bond motifs is 2. The first-order valence-corrected chi connectivity index (χ1v) is 7.86. The predicted octanol–water partition coefficient (Wildman–Crippen LogP) is 2.36. The number of nitrogens with one attached hydrogen (secondary N) is 1. The molecule has 2 saturated heterocycles. The van der Waals surface area contributed by atoms with Gasteiger partial charge in [0.15, 0.2) is 5.76 Å². The first kappa shape index (κ1) is 14.1. The van der Waals surface area contributed by atoms with Crippen LogP contribution in [0.1, 0.15) is 45.9 Å². The van der Waals surface area contributed by atoms with E-state index >= 15 is 0 Å². The maximum atomic E-state index is 12.8. The molecule has 2 amide bonds. The van der Waals surface area contributed by atoms with E-state index in [0.717, 1.165) is 19.3 Å². The van der Waals surface area contributed by atoms with Gasteiger partial charge in [0.2, 0.25) is 0 Å². The maximum absolute atomic E-state index is 12.8. The molecular formula is C17H18N2O4. The van der Waals surface area contributed by atoms with Crippen LogP contribution in [0.4, 0.5) is 0 Å². The zero-order valence-electron chi connectivity index (χ0n) is 12.8. The van der Waals surface area contributed by atoms with Gasteiger partial charge in [-0.05, 0) is 44.4 Å². The first-order valence-electron chi connectivity index (χ1n) is 7.86. The molecule has 6 heteroatoms. The summed E-state index contributed by atoms with van der Waals surface area (Å²) in [6, 6.07) is 5.24. The molecule has 2 aromatic rings. The molecule has 2 aliphatic rings. The molecule has 0 aromatic carbocycles. The van der Waals surface area contributed by atoms with Crippen molar-refractivity contribution in [1.29, 1.82) is 0 Å². The summed E-state index contributed by atoms with van der Waals surface area (Å²) in [5.41, 5.74) is 0.611. The Labute approximate surface area is 133 Å². The summed E-state index contributed by atoms with van der Waals surface area (Å²) in [7, 11) is 0. The van der Waals surface area contributed by atoms with Crippen molar-refractivity contribution >= 4 is 11.8 Å². The number of hydrogen-bond acceptors (Lipinski definition) is 4. The zero-order valence-corrected chi connectivity index (χ0v) is 12.8. The smallest absolute Gasteiger partial charge is 0.287 e. The number of amides is 2. The molecular weight excluding hydrogens is 296 g/mol. The molecule has 23 heavy (non-hydrogen) atoms. The van der Waals surface area contributed by atoms with E-state index in [1.807, 2.05) is 4.90 Å². The van der Waals surface area contributed by atoms with Crippen LogP contribution in [0, 0.1) is 6.92 Å². The minimum absolute atomic E-state index is 0.00139. The van der Waals surface area contributed by atoms with E-state index in [4.69, 9.17) is 8.83 Å². The van der Waals surface area contributed by atoms with Crippen molar-refractivity contribution in [2.24, 2.45) is 0 Å². The van der Waals surface area contributed by atoms with E-state index in [9.17, 15) is 9.59 Å². The van der Waals surface area contributed by atoms with Gasteiger partial charge in [-0.25, -0.2) is 0 Å². The molecule has 0 saturated carbocycles. The largest absolute Gasteiger partial charge is 0.469 e. The van der Waals surface area contributed by atoms with Gasteiger partial charge in [-0.2, -0.15) is 0 Å². The quantitative estimate of drug-likeness (QED) is 0.943. The summed E-state index contributed by atoms with van der Waals surface area (Å²) < 4.78 is 10.4. The van der Waals surface area contributed by atoms with Crippen molar-refractivity contribution in [1.82, 2.24) is 10.2 Å². The molecule has 120 valence electrons. The van der Waals surface area contributed by atoms with E-state index in [0.29, 0.717) is 17.1 Å². The number of carbonyl (C=O) groups is 2. The van der Waals surface area contributed by atoms with Gasteiger partial charge in [0.05, 0.1) is 30.2 Å². The number of carbonyl (C=O) groups excluding carboxylic acids is 2. The van der Waals surface area contributed by atoms with Gasteiger partial charge in [0, 0.05) is 6.04 Å². The highest BCUT2D eigenvalue weighted by Crippen LogP contribution is 2.39. The summed E-state index contributed by atoms with van der Waals surface area (Å²) in [6.45, 7) is 1.79. The van der Waals surface area contributed by atoms with E-state index in [-0.39, 0.29) is 29.9 Å². The molecule has 3 atom stereocenters. The van der Waals surface area contributed by atoms with Crippen LogP contribution in [0.15, 0.2) is 39.6 Å². The van der Waals surface area contributed by atoms with Gasteiger partial charge >= 0.3 is 0 Å². The molecule has 4 heterocycles. The Kier molecular flexibility index (Phi) is 3.25. The summed E-state index contributed by atoms with van der Waals surface area (Å²) in [5, 5.41) is 3.01. The normalized spacial score (nSPS) is 25.8. The van der Waals surface area contributed by atoms with Gasteiger partial charge in [-0.1, -0.05) is 0 Å². The first-order chi connectivity index (χ1) is 11.1. The number of nitrogens with zero attached hydrogens (tertiary/aromatic N) is 1. The van der Waals surface area contributed by atoms with Crippen LogP contribution in [0.2, 0.25) is 0 Å². The Morgan fingerprint density at radius 2 is 2.09 bits per heavy atom. The Balaban J connectivity index is 1.51. The molecule has 2 aromatic heterocycles. The van der Waals surface area contributed by atoms with E-state index in [1.165, 1.54) is 12.5 Å². The second kappa shape index (κ2) is 5.30. The second-order valence-corrected chi connectivity index (χ2v) is 6.19. The van der Waals surface area contributed by atoms with Crippen molar-refractivity contribution in [2.45, 2.75) is 44.3 Å². The molecule has 2 aliphatic heterocycles. The third kappa shape index (κ3) is 2.25. The fourth-order valence-corrected chi connectivity index (χ4v) is 3.85. The summed E-state index contributed by atoms with van der Waals surface area (Å²) in [5.74, 6) is 0.715. The van der Waals surface area contributed by atoms with Crippen LogP contribution in [0.25, 0.3) is 0 Å². The average Bonchev–Trinajstić information content (AvgIpc) is 3.30. The lowest BCUT2D eigenvalue weighted by Crippen LogP contribution is -2.45. The van der Waals surface area contributed by atoms with Crippen LogP contribution >= 0.6 is 0 Å². The Hall–Kier alpha value is -2.50. The minimum Gasteiger partial charge on any atom is -0.469 e. The fraction of sp³-hybridized carbons (Fsp3) is 0.412. The highest BCUT2D eigenvalue weighted by molar-refractivity contribution is 5.96. The molecule has 6 nitrogen and oxygen atoms in total. The Morgan fingerprint density at radius 1 is 1.22 bits per heavy atom. The van der Waals surface area contributed by atoms with Crippen LogP contribution in [-0.4, -0.2) is 34.8 Å². The molecule has 2 unspecified atom stereocenters. The second-order valence-electron chi connectivity index (χ2n) is 6.19. The van der Waals surface area contributed by atoms with Crippen LogP contribution < -0.4 is 5.32 Å².